The highest BCUT2D eigenvalue weighted by Crippen LogP contribution is 2.51. The van der Waals surface area contributed by atoms with Crippen molar-refractivity contribution < 1.29 is 41.3 Å². The minimum absolute atomic E-state index is 0.0823. The molecular weight excluding hydrogens is 454 g/mol. The molecule has 1 aliphatic heterocycles. The van der Waals surface area contributed by atoms with Gasteiger partial charge in [-0.3, -0.25) is 18.8 Å². The molecule has 2 unspecified atom stereocenters. The Balaban J connectivity index is 2.22. The third-order valence-corrected chi connectivity index (χ3v) is 5.70. The van der Waals surface area contributed by atoms with Crippen LogP contribution in [-0.2, 0) is 30.3 Å². The Morgan fingerprint density at radius 1 is 1.16 bits per heavy atom. The molecule has 13 heteroatoms. The van der Waals surface area contributed by atoms with E-state index in [-0.39, 0.29) is 5.56 Å². The average Bonchev–Trinajstić information content (AvgIpc) is 2.94. The van der Waals surface area contributed by atoms with Crippen molar-refractivity contribution in [3.8, 4) is 6.07 Å². The topological polar surface area (TPSA) is 123 Å². The van der Waals surface area contributed by atoms with Gasteiger partial charge in [-0.15, -0.1) is 0 Å². The molecule has 0 bridgehead atoms. The molecule has 0 spiro atoms. The number of hydrogen-bond acceptors (Lipinski definition) is 7. The van der Waals surface area contributed by atoms with Gasteiger partial charge < -0.3 is 9.42 Å². The summed E-state index contributed by atoms with van der Waals surface area (Å²) in [4.78, 5) is 39.5. The summed E-state index contributed by atoms with van der Waals surface area (Å²) in [5.74, 6) is -1.29. The lowest BCUT2D eigenvalue weighted by atomic mass is 10.0. The van der Waals surface area contributed by atoms with E-state index >= 15 is 0 Å². The van der Waals surface area contributed by atoms with Gasteiger partial charge in [0.2, 0.25) is 0 Å². The van der Waals surface area contributed by atoms with Gasteiger partial charge in [0.05, 0.1) is 22.9 Å². The van der Waals surface area contributed by atoms with Gasteiger partial charge in [-0.05, 0) is 18.2 Å². The quantitative estimate of drug-likeness (QED) is 0.488. The number of carbonyl (C=O) groups excluding carboxylic acids is 2. The molecule has 0 saturated carbocycles. The minimum atomic E-state index is -5.14. The normalized spacial score (nSPS) is 20.9. The van der Waals surface area contributed by atoms with Crippen molar-refractivity contribution in [1.29, 1.82) is 5.26 Å². The minimum Gasteiger partial charge on any atom is -0.756 e. The highest BCUT2D eigenvalue weighted by molar-refractivity contribution is 7.45. The Bertz CT molecular complexity index is 1170. The maximum Gasteiger partial charge on any atom is 0.417 e. The number of anilines is 1. The molecule has 3 rings (SSSR count). The molecule has 0 N–H and O–H groups in total. The first-order chi connectivity index (χ1) is 14.9. The van der Waals surface area contributed by atoms with Crippen LogP contribution in [0.2, 0.25) is 0 Å². The van der Waals surface area contributed by atoms with E-state index in [9.17, 15) is 32.2 Å². The molecule has 168 valence electrons. The number of carbonyl (C=O) groups is 2. The van der Waals surface area contributed by atoms with Gasteiger partial charge in [0.1, 0.15) is 0 Å². The number of nitrogens with zero attached hydrogens (tertiary/aromatic N) is 3. The largest absolute Gasteiger partial charge is 0.756 e. The molecule has 2 aromatic rings. The van der Waals surface area contributed by atoms with Crippen LogP contribution in [0.15, 0.2) is 48.5 Å². The second kappa shape index (κ2) is 8.03. The second-order valence-electron chi connectivity index (χ2n) is 6.55. The zero-order valence-corrected chi connectivity index (χ0v) is 17.4. The SMILES string of the molecule is COP(=O)([O-])OC1(c2ccccc2)C(=O)N(c2ccc(C#N)c(C(F)(F)F)c2)C(=O)N1C. The van der Waals surface area contributed by atoms with Crippen LogP contribution in [0.4, 0.5) is 23.7 Å². The molecule has 0 radical (unpaired) electrons. The van der Waals surface area contributed by atoms with Crippen molar-refractivity contribution in [3.63, 3.8) is 0 Å². The van der Waals surface area contributed by atoms with E-state index in [0.717, 1.165) is 26.3 Å². The van der Waals surface area contributed by atoms with Crippen LogP contribution in [-0.4, -0.2) is 31.0 Å². The number of halogens is 3. The number of imide groups is 1. The van der Waals surface area contributed by atoms with Crippen molar-refractivity contribution in [2.45, 2.75) is 11.9 Å². The summed E-state index contributed by atoms with van der Waals surface area (Å²) in [5, 5.41) is 8.97. The molecule has 1 aliphatic rings. The molecule has 1 heterocycles. The first-order valence-corrected chi connectivity index (χ1v) is 10.2. The Morgan fingerprint density at radius 2 is 1.78 bits per heavy atom. The summed E-state index contributed by atoms with van der Waals surface area (Å²) in [5.41, 5.74) is -5.27. The number of rotatable bonds is 5. The van der Waals surface area contributed by atoms with Gasteiger partial charge in [0.15, 0.2) is 0 Å². The number of amides is 3. The molecule has 0 aliphatic carbocycles. The number of phosphoric acid groups is 1. The van der Waals surface area contributed by atoms with Gasteiger partial charge >= 0.3 is 12.2 Å². The summed E-state index contributed by atoms with van der Waals surface area (Å²) in [6.07, 6.45) is -4.95. The highest BCUT2D eigenvalue weighted by atomic mass is 31.2. The van der Waals surface area contributed by atoms with Gasteiger partial charge in [0.25, 0.3) is 19.5 Å². The summed E-state index contributed by atoms with van der Waals surface area (Å²) < 4.78 is 61.6. The molecule has 9 nitrogen and oxygen atoms in total. The maximum atomic E-state index is 13.4. The first kappa shape index (κ1) is 23.4. The smallest absolute Gasteiger partial charge is 0.417 e. The van der Waals surface area contributed by atoms with E-state index in [4.69, 9.17) is 9.79 Å². The van der Waals surface area contributed by atoms with Crippen molar-refractivity contribution >= 4 is 25.4 Å². The molecule has 1 fully saturated rings. The van der Waals surface area contributed by atoms with Crippen LogP contribution in [0.5, 0.6) is 0 Å². The summed E-state index contributed by atoms with van der Waals surface area (Å²) in [7, 11) is -3.30. The van der Waals surface area contributed by atoms with Crippen LogP contribution < -0.4 is 9.79 Å². The van der Waals surface area contributed by atoms with Gasteiger partial charge in [0, 0.05) is 19.7 Å². The Labute approximate surface area is 179 Å². The fourth-order valence-electron chi connectivity index (χ4n) is 3.23. The molecule has 32 heavy (non-hydrogen) atoms. The Hall–Kier alpha value is -3.23. The van der Waals surface area contributed by atoms with Crippen molar-refractivity contribution in [2.24, 2.45) is 0 Å². The number of alkyl halides is 3. The van der Waals surface area contributed by atoms with Gasteiger partial charge in [-0.25, -0.2) is 9.69 Å². The van der Waals surface area contributed by atoms with Crippen LogP contribution in [0.1, 0.15) is 16.7 Å². The molecule has 3 amide bonds. The first-order valence-electron chi connectivity index (χ1n) is 8.76. The van der Waals surface area contributed by atoms with Crippen molar-refractivity contribution in [3.05, 3.63) is 65.2 Å². The predicted octanol–water partition coefficient (Wildman–Crippen LogP) is 2.96. The monoisotopic (exact) mass is 468 g/mol. The van der Waals surface area contributed by atoms with Crippen LogP contribution in [0.3, 0.4) is 0 Å². The predicted molar refractivity (Wildman–Crippen MR) is 101 cm³/mol. The fourth-order valence-corrected chi connectivity index (χ4v) is 3.93. The fraction of sp³-hybridized carbons (Fsp3) is 0.211. The number of likely N-dealkylation sites (N-methyl/N-ethyl adjacent to an activating group) is 1. The van der Waals surface area contributed by atoms with E-state index in [1.54, 1.807) is 6.07 Å². The zero-order valence-electron chi connectivity index (χ0n) is 16.5. The maximum absolute atomic E-state index is 13.4. The Kier molecular flexibility index (Phi) is 5.88. The number of urea groups is 1. The molecular formula is C19H14F3N3O6P-. The molecule has 2 atom stereocenters. The second-order valence-corrected chi connectivity index (χ2v) is 7.99. The van der Waals surface area contributed by atoms with Crippen molar-refractivity contribution in [2.75, 3.05) is 19.1 Å². The van der Waals surface area contributed by atoms with Gasteiger partial charge in [-0.1, -0.05) is 30.3 Å². The third kappa shape index (κ3) is 3.76. The van der Waals surface area contributed by atoms with E-state index in [1.165, 1.54) is 30.3 Å². The van der Waals surface area contributed by atoms with E-state index in [2.05, 4.69) is 4.52 Å². The van der Waals surface area contributed by atoms with Crippen LogP contribution >= 0.6 is 7.82 Å². The highest BCUT2D eigenvalue weighted by Gasteiger charge is 2.60. The van der Waals surface area contributed by atoms with Crippen LogP contribution in [0, 0.1) is 11.3 Å². The molecule has 1 saturated heterocycles. The number of hydrogen-bond donors (Lipinski definition) is 0. The summed E-state index contributed by atoms with van der Waals surface area (Å²) >= 11 is 0. The lowest BCUT2D eigenvalue weighted by molar-refractivity contribution is -0.241. The molecule has 0 aromatic heterocycles. The zero-order chi connectivity index (χ0) is 23.9. The lowest BCUT2D eigenvalue weighted by Crippen LogP contribution is -2.47. The van der Waals surface area contributed by atoms with E-state index in [0.29, 0.717) is 15.9 Å². The van der Waals surface area contributed by atoms with Crippen LogP contribution in [0.25, 0.3) is 0 Å². The van der Waals surface area contributed by atoms with E-state index < -0.39 is 48.5 Å². The Morgan fingerprint density at radius 3 is 2.31 bits per heavy atom. The van der Waals surface area contributed by atoms with E-state index in [1.807, 2.05) is 0 Å². The lowest BCUT2D eigenvalue weighted by Gasteiger charge is -2.37. The van der Waals surface area contributed by atoms with Gasteiger partial charge in [-0.2, -0.15) is 18.4 Å². The number of nitriles is 1. The third-order valence-electron chi connectivity index (χ3n) is 4.76. The van der Waals surface area contributed by atoms with Crippen molar-refractivity contribution in [1.82, 2.24) is 4.90 Å². The molecule has 2 aromatic carbocycles. The number of phosphoric ester groups is 1. The summed E-state index contributed by atoms with van der Waals surface area (Å²) in [6, 6.07) is 9.51. The average molecular weight is 468 g/mol. The number of benzene rings is 2. The summed E-state index contributed by atoms with van der Waals surface area (Å²) in [6.45, 7) is 0. The standard InChI is InChI=1S/C19H15F3N3O6P/c1-24-17(27)25(14-9-8-12(11-23)15(10-14)19(20,21)22)16(26)18(24,31-32(28,29)30-2)13-6-4-3-5-7-13/h3-10H,1-2H3,(H,28,29)/p-1.